The predicted octanol–water partition coefficient (Wildman–Crippen LogP) is 0.281. The van der Waals surface area contributed by atoms with Gasteiger partial charge in [-0.05, 0) is 6.92 Å². The Morgan fingerprint density at radius 2 is 2.28 bits per heavy atom. The maximum Gasteiger partial charge on any atom is 0.379 e. The van der Waals surface area contributed by atoms with Crippen molar-refractivity contribution in [2.75, 3.05) is 20.3 Å². The van der Waals surface area contributed by atoms with Crippen LogP contribution < -0.4 is 0 Å². The summed E-state index contributed by atoms with van der Waals surface area (Å²) in [5.41, 5.74) is 0. The summed E-state index contributed by atoms with van der Waals surface area (Å²) >= 11 is 0. The van der Waals surface area contributed by atoms with Gasteiger partial charge in [0.15, 0.2) is 6.10 Å². The number of hydrogen-bond donors (Lipinski definition) is 1. The van der Waals surface area contributed by atoms with Gasteiger partial charge in [0.25, 0.3) is 5.97 Å². The molecule has 3 atom stereocenters. The van der Waals surface area contributed by atoms with Crippen LogP contribution in [-0.2, 0) is 23.7 Å². The second-order valence-electron chi connectivity index (χ2n) is 3.82. The lowest BCUT2D eigenvalue weighted by Crippen LogP contribution is -2.50. The van der Waals surface area contributed by atoms with E-state index in [4.69, 9.17) is 14.2 Å². The van der Waals surface area contributed by atoms with Gasteiger partial charge in [0.1, 0.15) is 6.10 Å². The highest BCUT2D eigenvalue weighted by Crippen LogP contribution is 2.32. The van der Waals surface area contributed by atoms with Gasteiger partial charge in [0.05, 0.1) is 13.2 Å². The summed E-state index contributed by atoms with van der Waals surface area (Å²) in [6.07, 6.45) is -3.75. The molecule has 18 heavy (non-hydrogen) atoms. The number of carbonyl (C=O) groups excluding carboxylic acids is 1. The van der Waals surface area contributed by atoms with Crippen molar-refractivity contribution in [3.8, 4) is 0 Å². The number of esters is 1. The van der Waals surface area contributed by atoms with Crippen molar-refractivity contribution in [1.29, 1.82) is 0 Å². The van der Waals surface area contributed by atoms with E-state index in [1.165, 1.54) is 21.0 Å². The van der Waals surface area contributed by atoms with Crippen molar-refractivity contribution in [3.05, 3.63) is 0 Å². The largest absolute Gasteiger partial charge is 0.461 e. The number of aliphatic hydroxyl groups excluding tert-OH is 1. The lowest BCUT2D eigenvalue weighted by atomic mass is 10.1. The van der Waals surface area contributed by atoms with Crippen LogP contribution in [0.4, 0.5) is 8.78 Å². The maximum absolute atomic E-state index is 13.5. The Bertz CT molecular complexity index is 311. The molecule has 6 nitrogen and oxygen atoms in total. The number of rotatable bonds is 5. The zero-order chi connectivity index (χ0) is 14.0. The third-order valence-electron chi connectivity index (χ3n) is 2.52. The first kappa shape index (κ1) is 15.2. The highest BCUT2D eigenvalue weighted by atomic mass is 19.3. The van der Waals surface area contributed by atoms with E-state index >= 15 is 0 Å². The molecule has 1 N–H and O–H groups in total. The first-order chi connectivity index (χ1) is 8.27. The van der Waals surface area contributed by atoms with Crippen molar-refractivity contribution in [3.63, 3.8) is 0 Å². The van der Waals surface area contributed by atoms with Gasteiger partial charge >= 0.3 is 11.9 Å². The first-order valence-corrected chi connectivity index (χ1v) is 5.37. The van der Waals surface area contributed by atoms with Crippen LogP contribution in [0.15, 0.2) is 0 Å². The predicted molar refractivity (Wildman–Crippen MR) is 53.8 cm³/mol. The molecule has 0 aromatic heterocycles. The quantitative estimate of drug-likeness (QED) is 0.723. The Balaban J connectivity index is 2.70. The van der Waals surface area contributed by atoms with E-state index in [0.717, 1.165) is 0 Å². The number of hydrogen-bond acceptors (Lipinski definition) is 6. The van der Waals surface area contributed by atoms with Crippen LogP contribution in [0.2, 0.25) is 0 Å². The fourth-order valence-electron chi connectivity index (χ4n) is 1.42. The summed E-state index contributed by atoms with van der Waals surface area (Å²) < 4.78 is 45.9. The normalized spacial score (nSPS) is 30.2. The lowest BCUT2D eigenvalue weighted by molar-refractivity contribution is -0.320. The summed E-state index contributed by atoms with van der Waals surface area (Å²) in [5, 5.41) is 9.49. The van der Waals surface area contributed by atoms with Gasteiger partial charge in [-0.25, -0.2) is 4.79 Å². The Hall–Kier alpha value is -0.830. The zero-order valence-corrected chi connectivity index (χ0v) is 10.3. The molecule has 106 valence electrons. The smallest absolute Gasteiger partial charge is 0.379 e. The fourth-order valence-corrected chi connectivity index (χ4v) is 1.42. The van der Waals surface area contributed by atoms with Crippen LogP contribution >= 0.6 is 0 Å². The van der Waals surface area contributed by atoms with E-state index in [2.05, 4.69) is 4.74 Å². The molecule has 0 radical (unpaired) electrons. The van der Waals surface area contributed by atoms with E-state index in [1.54, 1.807) is 0 Å². The monoisotopic (exact) mass is 270 g/mol. The molecule has 1 aliphatic heterocycles. The Morgan fingerprint density at radius 3 is 2.72 bits per heavy atom. The number of halogens is 2. The average Bonchev–Trinajstić information content (AvgIpc) is 2.72. The third-order valence-corrected chi connectivity index (χ3v) is 2.52. The lowest BCUT2D eigenvalue weighted by Gasteiger charge is -2.26. The molecule has 0 unspecified atom stereocenters. The Labute approximate surface area is 103 Å². The van der Waals surface area contributed by atoms with Gasteiger partial charge in [0.2, 0.25) is 0 Å². The van der Waals surface area contributed by atoms with Gasteiger partial charge < -0.3 is 24.1 Å². The van der Waals surface area contributed by atoms with E-state index in [-0.39, 0.29) is 13.2 Å². The molecule has 0 amide bonds. The Morgan fingerprint density at radius 1 is 1.67 bits per heavy atom. The standard InChI is InChI=1S/C10H16F2O6/c1-4-16-8(14)10(11,12)7(13)6-5-17-9(2,15-3)18-6/h6-7,13H,4-5H2,1-3H3/t6-,7-,9+/m0/s1. The molecule has 0 aromatic rings. The highest BCUT2D eigenvalue weighted by molar-refractivity contribution is 5.78. The van der Waals surface area contributed by atoms with Crippen LogP contribution in [0.3, 0.4) is 0 Å². The number of methoxy groups -OCH3 is 1. The maximum atomic E-state index is 13.5. The summed E-state index contributed by atoms with van der Waals surface area (Å²) in [5.74, 6) is -7.37. The van der Waals surface area contributed by atoms with E-state index in [9.17, 15) is 18.7 Å². The summed E-state index contributed by atoms with van der Waals surface area (Å²) in [4.78, 5) is 11.0. The van der Waals surface area contributed by atoms with Crippen molar-refractivity contribution in [2.45, 2.75) is 38.0 Å². The minimum Gasteiger partial charge on any atom is -0.461 e. The molecular weight excluding hydrogens is 254 g/mol. The highest BCUT2D eigenvalue weighted by Gasteiger charge is 2.55. The van der Waals surface area contributed by atoms with Crippen LogP contribution in [0.5, 0.6) is 0 Å². The molecule has 1 saturated heterocycles. The van der Waals surface area contributed by atoms with Gasteiger partial charge in [-0.15, -0.1) is 0 Å². The van der Waals surface area contributed by atoms with Crippen molar-refractivity contribution >= 4 is 5.97 Å². The summed E-state index contributed by atoms with van der Waals surface area (Å²) in [7, 11) is 1.26. The molecular formula is C10H16F2O6. The van der Waals surface area contributed by atoms with Crippen molar-refractivity contribution < 1.29 is 37.6 Å². The van der Waals surface area contributed by atoms with Crippen LogP contribution in [0, 0.1) is 0 Å². The molecule has 0 aliphatic carbocycles. The van der Waals surface area contributed by atoms with E-state index < -0.39 is 30.1 Å². The number of alkyl halides is 2. The second kappa shape index (κ2) is 5.43. The average molecular weight is 270 g/mol. The molecule has 1 heterocycles. The molecule has 0 saturated carbocycles. The summed E-state index contributed by atoms with van der Waals surface area (Å²) in [6, 6.07) is 0. The van der Waals surface area contributed by atoms with E-state index in [1.807, 2.05) is 0 Å². The molecule has 1 fully saturated rings. The van der Waals surface area contributed by atoms with Crippen LogP contribution in [0.25, 0.3) is 0 Å². The fraction of sp³-hybridized carbons (Fsp3) is 0.900. The van der Waals surface area contributed by atoms with Gasteiger partial charge in [-0.1, -0.05) is 0 Å². The van der Waals surface area contributed by atoms with Crippen LogP contribution in [-0.4, -0.2) is 55.5 Å². The molecule has 8 heteroatoms. The minimum atomic E-state index is -4.07. The van der Waals surface area contributed by atoms with Gasteiger partial charge in [0, 0.05) is 14.0 Å². The molecule has 1 rings (SSSR count). The van der Waals surface area contributed by atoms with E-state index in [0.29, 0.717) is 0 Å². The second-order valence-corrected chi connectivity index (χ2v) is 3.82. The zero-order valence-electron chi connectivity index (χ0n) is 10.3. The number of carbonyl (C=O) groups is 1. The SMILES string of the molecule is CCOC(=O)C(F)(F)[C@@H](O)[C@@H]1CO[C@@](C)(OC)O1. The summed E-state index contributed by atoms with van der Waals surface area (Å²) in [6.45, 7) is 2.22. The van der Waals surface area contributed by atoms with Gasteiger partial charge in [-0.3, -0.25) is 0 Å². The van der Waals surface area contributed by atoms with Crippen molar-refractivity contribution in [2.24, 2.45) is 0 Å². The van der Waals surface area contributed by atoms with Gasteiger partial charge in [-0.2, -0.15) is 8.78 Å². The first-order valence-electron chi connectivity index (χ1n) is 5.37. The van der Waals surface area contributed by atoms with Crippen molar-refractivity contribution in [1.82, 2.24) is 0 Å². The Kier molecular flexibility index (Phi) is 4.60. The van der Waals surface area contributed by atoms with Crippen LogP contribution in [0.1, 0.15) is 13.8 Å². The molecule has 1 aliphatic rings. The third kappa shape index (κ3) is 2.94. The number of ether oxygens (including phenoxy) is 4. The molecule has 0 spiro atoms. The number of aliphatic hydroxyl groups is 1. The topological polar surface area (TPSA) is 74.2 Å². The molecule has 0 aromatic carbocycles. The molecule has 0 bridgehead atoms. The minimum absolute atomic E-state index is 0.209.